The third-order valence-corrected chi connectivity index (χ3v) is 8.88. The van der Waals surface area contributed by atoms with E-state index in [9.17, 15) is 9.18 Å². The van der Waals surface area contributed by atoms with Gasteiger partial charge in [0.15, 0.2) is 5.78 Å². The van der Waals surface area contributed by atoms with Crippen LogP contribution in [0.3, 0.4) is 0 Å². The SMILES string of the molecule is CCOc1cc(C[NH+]2CC[C@H]3C(CC(=O)c4cnnc5ccccc45)CC[C@H]32)cc(OCC)c1-c1ccc(F)cc1. The normalized spacial score (nSPS) is 21.6. The van der Waals surface area contributed by atoms with E-state index in [-0.39, 0.29) is 11.6 Å². The van der Waals surface area contributed by atoms with Crippen LogP contribution < -0.4 is 14.4 Å². The van der Waals surface area contributed by atoms with Crippen molar-refractivity contribution in [1.82, 2.24) is 10.2 Å². The first kappa shape index (κ1) is 27.3. The van der Waals surface area contributed by atoms with Crippen molar-refractivity contribution in [2.24, 2.45) is 11.8 Å². The van der Waals surface area contributed by atoms with Crippen LogP contribution in [0.5, 0.6) is 11.5 Å². The van der Waals surface area contributed by atoms with Gasteiger partial charge in [-0.25, -0.2) is 4.39 Å². The monoisotopic (exact) mass is 554 g/mol. The van der Waals surface area contributed by atoms with Crippen LogP contribution in [-0.2, 0) is 6.54 Å². The number of Topliss-reactive ketones (excluding diaryl/α,β-unsaturated/α-hetero) is 1. The van der Waals surface area contributed by atoms with Crippen LogP contribution in [0.1, 0.15) is 55.5 Å². The second-order valence-corrected chi connectivity index (χ2v) is 11.2. The summed E-state index contributed by atoms with van der Waals surface area (Å²) in [4.78, 5) is 15.0. The zero-order valence-corrected chi connectivity index (χ0v) is 23.7. The van der Waals surface area contributed by atoms with Gasteiger partial charge in [-0.3, -0.25) is 4.79 Å². The van der Waals surface area contributed by atoms with Crippen LogP contribution in [0.4, 0.5) is 4.39 Å². The summed E-state index contributed by atoms with van der Waals surface area (Å²) in [5, 5.41) is 9.16. The molecule has 41 heavy (non-hydrogen) atoms. The molecule has 1 saturated carbocycles. The number of fused-ring (bicyclic) bond motifs is 2. The number of hydrogen-bond acceptors (Lipinski definition) is 5. The quantitative estimate of drug-likeness (QED) is 0.255. The molecular weight excluding hydrogens is 517 g/mol. The summed E-state index contributed by atoms with van der Waals surface area (Å²) in [7, 11) is 0. The van der Waals surface area contributed by atoms with Gasteiger partial charge in [-0.1, -0.05) is 30.3 Å². The number of carbonyl (C=O) groups is 1. The topological polar surface area (TPSA) is 65.8 Å². The Labute approximate surface area is 240 Å². The Hall–Kier alpha value is -3.84. The van der Waals surface area contributed by atoms with Gasteiger partial charge in [-0.05, 0) is 68.5 Å². The number of ether oxygens (including phenoxy) is 2. The molecule has 7 heteroatoms. The molecule has 4 atom stereocenters. The fourth-order valence-electron chi connectivity index (χ4n) is 7.13. The van der Waals surface area contributed by atoms with Gasteiger partial charge in [0.05, 0.1) is 43.1 Å². The van der Waals surface area contributed by atoms with E-state index in [0.717, 1.165) is 65.9 Å². The number of hydrogen-bond donors (Lipinski definition) is 1. The number of nitrogens with one attached hydrogen (secondary N) is 1. The lowest BCUT2D eigenvalue weighted by molar-refractivity contribution is -0.927. The molecule has 0 bridgehead atoms. The molecule has 6 nitrogen and oxygen atoms in total. The summed E-state index contributed by atoms with van der Waals surface area (Å²) in [5.74, 6) is 2.39. The lowest BCUT2D eigenvalue weighted by atomic mass is 9.87. The van der Waals surface area contributed by atoms with Crippen LogP contribution >= 0.6 is 0 Å². The first-order valence-electron chi connectivity index (χ1n) is 14.8. The summed E-state index contributed by atoms with van der Waals surface area (Å²) in [6, 6.07) is 19.0. The molecule has 6 rings (SSSR count). The number of quaternary nitrogens is 1. The van der Waals surface area contributed by atoms with Crippen molar-refractivity contribution in [2.75, 3.05) is 19.8 Å². The first-order valence-corrected chi connectivity index (χ1v) is 14.8. The van der Waals surface area contributed by atoms with Crippen LogP contribution in [0.2, 0.25) is 0 Å². The van der Waals surface area contributed by atoms with Gasteiger partial charge in [0.1, 0.15) is 23.9 Å². The van der Waals surface area contributed by atoms with Gasteiger partial charge in [0, 0.05) is 35.3 Å². The van der Waals surface area contributed by atoms with Crippen LogP contribution in [0.25, 0.3) is 22.0 Å². The number of rotatable bonds is 10. The lowest BCUT2D eigenvalue weighted by Gasteiger charge is -2.23. The first-order chi connectivity index (χ1) is 20.1. The average molecular weight is 555 g/mol. The van der Waals surface area contributed by atoms with Crippen LogP contribution in [0, 0.1) is 17.7 Å². The van der Waals surface area contributed by atoms with Gasteiger partial charge in [-0.2, -0.15) is 10.2 Å². The average Bonchev–Trinajstić information content (AvgIpc) is 3.57. The number of aromatic nitrogens is 2. The molecule has 1 saturated heterocycles. The van der Waals surface area contributed by atoms with Crippen molar-refractivity contribution < 1.29 is 23.6 Å². The molecule has 0 amide bonds. The highest BCUT2D eigenvalue weighted by Crippen LogP contribution is 2.41. The Morgan fingerprint density at radius 1 is 0.976 bits per heavy atom. The van der Waals surface area contributed by atoms with E-state index in [1.54, 1.807) is 23.2 Å². The summed E-state index contributed by atoms with van der Waals surface area (Å²) >= 11 is 0. The summed E-state index contributed by atoms with van der Waals surface area (Å²) in [5.41, 5.74) is 4.37. The van der Waals surface area contributed by atoms with E-state index >= 15 is 0 Å². The molecule has 2 unspecified atom stereocenters. The van der Waals surface area contributed by atoms with Crippen molar-refractivity contribution in [3.63, 3.8) is 0 Å². The second kappa shape index (κ2) is 12.0. The number of nitrogens with zero attached hydrogens (tertiary/aromatic N) is 2. The third-order valence-electron chi connectivity index (χ3n) is 8.88. The Balaban J connectivity index is 1.20. The molecule has 1 aromatic heterocycles. The number of halogens is 1. The van der Waals surface area contributed by atoms with Gasteiger partial charge >= 0.3 is 0 Å². The number of carbonyl (C=O) groups excluding carboxylic acids is 1. The molecule has 1 aliphatic heterocycles. The van der Waals surface area contributed by atoms with E-state index in [4.69, 9.17) is 9.47 Å². The van der Waals surface area contributed by atoms with Gasteiger partial charge in [0.25, 0.3) is 0 Å². The predicted molar refractivity (Wildman–Crippen MR) is 157 cm³/mol. The van der Waals surface area contributed by atoms with Crippen LogP contribution in [0.15, 0.2) is 66.9 Å². The predicted octanol–water partition coefficient (Wildman–Crippen LogP) is 5.69. The van der Waals surface area contributed by atoms with Crippen molar-refractivity contribution in [2.45, 2.75) is 52.1 Å². The van der Waals surface area contributed by atoms with Crippen molar-refractivity contribution in [1.29, 1.82) is 0 Å². The summed E-state index contributed by atoms with van der Waals surface area (Å²) in [6.07, 6.45) is 5.55. The van der Waals surface area contributed by atoms with E-state index < -0.39 is 0 Å². The van der Waals surface area contributed by atoms with E-state index in [2.05, 4.69) is 22.3 Å². The fraction of sp³-hybridized carbons (Fsp3) is 0.382. The third kappa shape index (κ3) is 5.55. The van der Waals surface area contributed by atoms with E-state index in [0.29, 0.717) is 43.1 Å². The molecule has 3 aromatic carbocycles. The molecule has 2 fully saturated rings. The summed E-state index contributed by atoms with van der Waals surface area (Å²) in [6.45, 7) is 6.98. The Bertz CT molecular complexity index is 1510. The molecule has 1 aliphatic carbocycles. The highest BCUT2D eigenvalue weighted by Gasteiger charge is 2.47. The van der Waals surface area contributed by atoms with Crippen molar-refractivity contribution in [3.8, 4) is 22.6 Å². The molecule has 2 aliphatic rings. The standard InChI is InChI=1S/C34H36FN3O3/c1-3-40-32-17-22(18-33(41-4-2)34(32)23-9-12-25(35)13-10-23)21-38-16-15-26-24(11-14-30(26)38)19-31(39)28-20-36-37-29-8-6-5-7-27(28)29/h5-10,12-13,17-18,20,24,26,30H,3-4,11,14-16,19,21H2,1-2H3/p+1/t24?,26-,30+/m0/s1. The second-order valence-electron chi connectivity index (χ2n) is 11.2. The number of likely N-dealkylation sites (tertiary alicyclic amines) is 1. The van der Waals surface area contributed by atoms with Gasteiger partial charge < -0.3 is 14.4 Å². The number of benzene rings is 3. The highest BCUT2D eigenvalue weighted by atomic mass is 19.1. The molecule has 4 aromatic rings. The number of ketones is 1. The highest BCUT2D eigenvalue weighted by molar-refractivity contribution is 6.06. The van der Waals surface area contributed by atoms with E-state index in [1.165, 1.54) is 17.7 Å². The minimum absolute atomic E-state index is 0.175. The smallest absolute Gasteiger partial charge is 0.165 e. The minimum atomic E-state index is -0.268. The maximum absolute atomic E-state index is 13.7. The maximum atomic E-state index is 13.7. The lowest BCUT2D eigenvalue weighted by Crippen LogP contribution is -3.12. The maximum Gasteiger partial charge on any atom is 0.165 e. The molecule has 0 spiro atoms. The molecule has 0 radical (unpaired) electrons. The van der Waals surface area contributed by atoms with Gasteiger partial charge in [-0.15, -0.1) is 0 Å². The Kier molecular flexibility index (Phi) is 7.97. The fourth-order valence-corrected chi connectivity index (χ4v) is 7.13. The van der Waals surface area contributed by atoms with E-state index in [1.807, 2.05) is 38.1 Å². The zero-order chi connectivity index (χ0) is 28.3. The van der Waals surface area contributed by atoms with Crippen molar-refractivity contribution >= 4 is 16.7 Å². The van der Waals surface area contributed by atoms with Gasteiger partial charge in [0.2, 0.25) is 0 Å². The minimum Gasteiger partial charge on any atom is -0.493 e. The Morgan fingerprint density at radius 3 is 2.44 bits per heavy atom. The Morgan fingerprint density at radius 2 is 1.71 bits per heavy atom. The van der Waals surface area contributed by atoms with Crippen molar-refractivity contribution in [3.05, 3.63) is 83.8 Å². The molecule has 2 heterocycles. The molecular formula is C34H37FN3O3+. The largest absolute Gasteiger partial charge is 0.493 e. The summed E-state index contributed by atoms with van der Waals surface area (Å²) < 4.78 is 25.9. The molecule has 1 N–H and O–H groups in total. The zero-order valence-electron chi connectivity index (χ0n) is 23.7. The molecule has 212 valence electrons. The van der Waals surface area contributed by atoms with Crippen LogP contribution in [-0.4, -0.2) is 41.8 Å².